The summed E-state index contributed by atoms with van der Waals surface area (Å²) < 4.78 is 0. The summed E-state index contributed by atoms with van der Waals surface area (Å²) in [4.78, 5) is 0. The highest BCUT2D eigenvalue weighted by Gasteiger charge is 2.38. The molecule has 0 radical (unpaired) electrons. The topological polar surface area (TPSA) is 12.0 Å². The number of benzene rings is 6. The minimum atomic E-state index is -0.0676. The van der Waals surface area contributed by atoms with Gasteiger partial charge in [0.05, 0.1) is 6.04 Å². The minimum absolute atomic E-state index is 0.0676. The Labute approximate surface area is 284 Å². The number of dihydropyridines is 1. The lowest BCUT2D eigenvalue weighted by molar-refractivity contribution is 0.660. The van der Waals surface area contributed by atoms with Crippen LogP contribution in [-0.2, 0) is 18.3 Å². The van der Waals surface area contributed by atoms with Gasteiger partial charge < -0.3 is 5.32 Å². The van der Waals surface area contributed by atoms with Gasteiger partial charge in [-0.3, -0.25) is 0 Å². The molecule has 0 bridgehead atoms. The molecule has 1 N–H and O–H groups in total. The van der Waals surface area contributed by atoms with Gasteiger partial charge in [0.15, 0.2) is 0 Å². The zero-order valence-corrected chi connectivity index (χ0v) is 27.6. The molecule has 1 heteroatoms. The number of rotatable bonds is 4. The monoisotopic (exact) mass is 617 g/mol. The van der Waals surface area contributed by atoms with E-state index in [4.69, 9.17) is 0 Å². The molecule has 1 atom stereocenters. The van der Waals surface area contributed by atoms with Crippen LogP contribution in [0.4, 0.5) is 0 Å². The van der Waals surface area contributed by atoms with Gasteiger partial charge >= 0.3 is 0 Å². The molecule has 0 aromatic heterocycles. The summed E-state index contributed by atoms with van der Waals surface area (Å²) in [6.45, 7) is 4.81. The van der Waals surface area contributed by atoms with Crippen molar-refractivity contribution in [2.75, 3.05) is 0 Å². The van der Waals surface area contributed by atoms with Gasteiger partial charge in [0.1, 0.15) is 0 Å². The SMILES string of the molecule is CC1(C)c2cc(-c3ccc(C4=CC(c5ccccc5)NC(c5ccccc5)=C4)cc3)ccc2-c2c1ccc1c2-c2ccccc2CCC1. The van der Waals surface area contributed by atoms with Crippen LogP contribution in [0.25, 0.3) is 44.7 Å². The molecule has 1 unspecified atom stereocenters. The van der Waals surface area contributed by atoms with Crippen LogP contribution in [0.5, 0.6) is 0 Å². The van der Waals surface area contributed by atoms with Gasteiger partial charge in [-0.1, -0.05) is 147 Å². The Morgan fingerprint density at radius 1 is 0.542 bits per heavy atom. The second-order valence-corrected chi connectivity index (χ2v) is 14.1. The number of aryl methyl sites for hydroxylation is 2. The Bertz CT molecular complexity index is 2230. The van der Waals surface area contributed by atoms with E-state index in [2.05, 4.69) is 171 Å². The number of nitrogens with one attached hydrogen (secondary N) is 1. The van der Waals surface area contributed by atoms with Crippen molar-refractivity contribution in [1.29, 1.82) is 0 Å². The van der Waals surface area contributed by atoms with Crippen molar-refractivity contribution >= 4 is 11.3 Å². The average Bonchev–Trinajstić information content (AvgIpc) is 3.25. The van der Waals surface area contributed by atoms with E-state index in [0.29, 0.717) is 0 Å². The molecule has 1 nitrogen and oxygen atoms in total. The van der Waals surface area contributed by atoms with Crippen LogP contribution in [0, 0.1) is 0 Å². The standard InChI is InChI=1S/C47H39N/c1-47(2)41-27-25-36-18-11-17-33-12-9-10-19-39(33)45(36)46(41)40-26-24-37(28-42(40)47)31-20-22-32(23-21-31)38-29-43(34-13-5-3-6-14-34)48-44(30-38)35-15-7-4-8-16-35/h3-10,12-16,19-30,43,48H,11,17-18H2,1-2H3. The van der Waals surface area contributed by atoms with Crippen LogP contribution in [0.2, 0.25) is 0 Å². The Hall–Kier alpha value is -5.40. The third-order valence-electron chi connectivity index (χ3n) is 10.9. The van der Waals surface area contributed by atoms with Gasteiger partial charge in [-0.15, -0.1) is 0 Å². The van der Waals surface area contributed by atoms with E-state index in [-0.39, 0.29) is 11.5 Å². The third-order valence-corrected chi connectivity index (χ3v) is 10.9. The highest BCUT2D eigenvalue weighted by Crippen LogP contribution is 2.54. The predicted octanol–water partition coefficient (Wildman–Crippen LogP) is 11.6. The maximum atomic E-state index is 3.77. The number of hydrogen-bond donors (Lipinski definition) is 1. The molecule has 0 saturated carbocycles. The van der Waals surface area contributed by atoms with Crippen LogP contribution in [-0.4, -0.2) is 0 Å². The fraction of sp³-hybridized carbons (Fsp3) is 0.149. The molecule has 0 spiro atoms. The quantitative estimate of drug-likeness (QED) is 0.207. The smallest absolute Gasteiger partial charge is 0.0707 e. The van der Waals surface area contributed by atoms with Gasteiger partial charge in [-0.05, 0) is 115 Å². The van der Waals surface area contributed by atoms with E-state index in [0.717, 1.165) is 18.5 Å². The van der Waals surface area contributed by atoms with Crippen molar-refractivity contribution in [3.63, 3.8) is 0 Å². The molecule has 48 heavy (non-hydrogen) atoms. The van der Waals surface area contributed by atoms with Crippen molar-refractivity contribution in [2.24, 2.45) is 0 Å². The molecule has 1 heterocycles. The highest BCUT2D eigenvalue weighted by molar-refractivity contribution is 5.96. The molecule has 1 aliphatic heterocycles. The van der Waals surface area contributed by atoms with Crippen LogP contribution in [0.1, 0.15) is 65.3 Å². The largest absolute Gasteiger partial charge is 0.374 e. The summed E-state index contributed by atoms with van der Waals surface area (Å²) in [6.07, 6.45) is 8.14. The highest BCUT2D eigenvalue weighted by atomic mass is 14.9. The molecular formula is C47H39N. The summed E-state index contributed by atoms with van der Waals surface area (Å²) in [7, 11) is 0. The van der Waals surface area contributed by atoms with Gasteiger partial charge in [0, 0.05) is 11.1 Å². The lowest BCUT2D eigenvalue weighted by Gasteiger charge is -2.26. The molecule has 232 valence electrons. The van der Waals surface area contributed by atoms with Crippen molar-refractivity contribution in [3.05, 3.63) is 191 Å². The molecule has 9 rings (SSSR count). The lowest BCUT2D eigenvalue weighted by Crippen LogP contribution is -2.21. The Kier molecular flexibility index (Phi) is 6.83. The second-order valence-electron chi connectivity index (χ2n) is 14.1. The molecule has 6 aromatic carbocycles. The molecular weight excluding hydrogens is 579 g/mol. The fourth-order valence-corrected chi connectivity index (χ4v) is 8.31. The van der Waals surface area contributed by atoms with E-state index in [1.54, 1.807) is 0 Å². The van der Waals surface area contributed by atoms with E-state index in [1.165, 1.54) is 84.3 Å². The van der Waals surface area contributed by atoms with E-state index >= 15 is 0 Å². The first kappa shape index (κ1) is 28.8. The molecule has 0 fully saturated rings. The second kappa shape index (κ2) is 11.4. The summed E-state index contributed by atoms with van der Waals surface area (Å²) >= 11 is 0. The first-order valence-electron chi connectivity index (χ1n) is 17.4. The molecule has 3 aliphatic rings. The van der Waals surface area contributed by atoms with E-state index in [9.17, 15) is 0 Å². The van der Waals surface area contributed by atoms with Crippen LogP contribution in [0.15, 0.2) is 152 Å². The first-order chi connectivity index (χ1) is 23.5. The summed E-state index contributed by atoms with van der Waals surface area (Å²) in [6, 6.07) is 51.7. The fourth-order valence-electron chi connectivity index (χ4n) is 8.31. The maximum absolute atomic E-state index is 3.77. The molecule has 6 aromatic rings. The van der Waals surface area contributed by atoms with Gasteiger partial charge in [0.25, 0.3) is 0 Å². The maximum Gasteiger partial charge on any atom is 0.0707 e. The first-order valence-corrected chi connectivity index (χ1v) is 17.4. The molecule has 0 amide bonds. The number of fused-ring (bicyclic) bond motifs is 7. The van der Waals surface area contributed by atoms with Gasteiger partial charge in [-0.2, -0.15) is 0 Å². The Morgan fingerprint density at radius 3 is 2.04 bits per heavy atom. The van der Waals surface area contributed by atoms with Crippen LogP contribution in [0.3, 0.4) is 0 Å². The van der Waals surface area contributed by atoms with Crippen LogP contribution >= 0.6 is 0 Å². The normalized spacial score (nSPS) is 17.1. The van der Waals surface area contributed by atoms with Crippen molar-refractivity contribution in [3.8, 4) is 33.4 Å². The number of allylic oxidation sites excluding steroid dienone is 2. The van der Waals surface area contributed by atoms with Gasteiger partial charge in [-0.25, -0.2) is 0 Å². The average molecular weight is 618 g/mol. The minimum Gasteiger partial charge on any atom is -0.374 e. The van der Waals surface area contributed by atoms with Crippen molar-refractivity contribution in [1.82, 2.24) is 5.32 Å². The van der Waals surface area contributed by atoms with Crippen molar-refractivity contribution in [2.45, 2.75) is 44.6 Å². The van der Waals surface area contributed by atoms with Gasteiger partial charge in [0.2, 0.25) is 0 Å². The summed E-state index contributed by atoms with van der Waals surface area (Å²) in [5.41, 5.74) is 20.1. The zero-order chi connectivity index (χ0) is 32.2. The van der Waals surface area contributed by atoms with Crippen molar-refractivity contribution < 1.29 is 0 Å². The van der Waals surface area contributed by atoms with Crippen LogP contribution < -0.4 is 5.32 Å². The lowest BCUT2D eigenvalue weighted by atomic mass is 9.80. The predicted molar refractivity (Wildman–Crippen MR) is 202 cm³/mol. The Morgan fingerprint density at radius 2 is 1.23 bits per heavy atom. The van der Waals surface area contributed by atoms with E-state index in [1.807, 2.05) is 0 Å². The van der Waals surface area contributed by atoms with E-state index < -0.39 is 0 Å². The zero-order valence-electron chi connectivity index (χ0n) is 27.6. The number of hydrogen-bond acceptors (Lipinski definition) is 1. The summed E-state index contributed by atoms with van der Waals surface area (Å²) in [5.74, 6) is 0. The molecule has 0 saturated heterocycles. The Balaban J connectivity index is 1.09. The molecule has 2 aliphatic carbocycles. The summed E-state index contributed by atoms with van der Waals surface area (Å²) in [5, 5.41) is 3.77. The third kappa shape index (κ3) is 4.76.